The highest BCUT2D eigenvalue weighted by molar-refractivity contribution is 5.90. The first-order chi connectivity index (χ1) is 12.3. The Morgan fingerprint density at radius 2 is 1.84 bits per heavy atom. The number of aryl methyl sites for hydroxylation is 1. The molecule has 0 saturated carbocycles. The summed E-state index contributed by atoms with van der Waals surface area (Å²) in [5, 5.41) is 2.95. The molecule has 0 aliphatic heterocycles. The van der Waals surface area contributed by atoms with Gasteiger partial charge in [0.25, 0.3) is 0 Å². The van der Waals surface area contributed by atoms with Gasteiger partial charge < -0.3 is 9.88 Å². The fraction of sp³-hybridized carbons (Fsp3) is 0.238. The molecule has 2 aromatic carbocycles. The van der Waals surface area contributed by atoms with Crippen molar-refractivity contribution in [3.8, 4) is 11.4 Å². The van der Waals surface area contributed by atoms with Crippen molar-refractivity contribution in [1.82, 2.24) is 9.55 Å². The zero-order chi connectivity index (χ0) is 17.5. The lowest BCUT2D eigenvalue weighted by atomic mass is 10.1. The number of carbonyl (C=O) groups excluding carboxylic acids is 1. The van der Waals surface area contributed by atoms with Gasteiger partial charge in [0.15, 0.2) is 0 Å². The Balaban J connectivity index is 1.63. The average Bonchev–Trinajstić information content (AvgIpc) is 3.10. The maximum absolute atomic E-state index is 12.4. The third-order valence-corrected chi connectivity index (χ3v) is 4.12. The maximum Gasteiger partial charge on any atom is 0.244 e. The number of unbranched alkanes of at least 4 members (excludes halogenated alkanes) is 1. The quantitative estimate of drug-likeness (QED) is 0.690. The predicted octanol–water partition coefficient (Wildman–Crippen LogP) is 4.53. The standard InChI is InChI=1S/C21H23N3O/c1-2-3-7-17-10-12-19(13-11-17)23-20(25)16-24-15-14-22-21(24)18-8-5-4-6-9-18/h4-6,8-15H,2-3,7,16H2,1H3,(H,23,25). The number of aromatic nitrogens is 2. The van der Waals surface area contributed by atoms with Crippen molar-refractivity contribution in [3.63, 3.8) is 0 Å². The molecule has 1 N–H and O–H groups in total. The van der Waals surface area contributed by atoms with Crippen molar-refractivity contribution >= 4 is 11.6 Å². The zero-order valence-corrected chi connectivity index (χ0v) is 14.5. The smallest absolute Gasteiger partial charge is 0.244 e. The van der Waals surface area contributed by atoms with E-state index in [1.807, 2.05) is 53.2 Å². The molecule has 4 heteroatoms. The fourth-order valence-electron chi connectivity index (χ4n) is 2.78. The Bertz CT molecular complexity index is 807. The number of hydrogen-bond acceptors (Lipinski definition) is 2. The fourth-order valence-corrected chi connectivity index (χ4v) is 2.78. The number of benzene rings is 2. The van der Waals surface area contributed by atoms with Crippen LogP contribution in [-0.2, 0) is 17.8 Å². The first kappa shape index (κ1) is 17.0. The molecule has 0 saturated heterocycles. The minimum atomic E-state index is -0.0588. The molecule has 1 aromatic heterocycles. The van der Waals surface area contributed by atoms with Crippen LogP contribution in [-0.4, -0.2) is 15.5 Å². The van der Waals surface area contributed by atoms with Crippen molar-refractivity contribution in [2.24, 2.45) is 0 Å². The Morgan fingerprint density at radius 1 is 1.08 bits per heavy atom. The van der Waals surface area contributed by atoms with Crippen molar-refractivity contribution in [2.45, 2.75) is 32.7 Å². The van der Waals surface area contributed by atoms with Crippen LogP contribution in [0.5, 0.6) is 0 Å². The van der Waals surface area contributed by atoms with Gasteiger partial charge in [-0.3, -0.25) is 4.79 Å². The number of imidazole rings is 1. The molecule has 1 heterocycles. The molecule has 4 nitrogen and oxygen atoms in total. The van der Waals surface area contributed by atoms with E-state index < -0.39 is 0 Å². The summed E-state index contributed by atoms with van der Waals surface area (Å²) in [4.78, 5) is 16.7. The van der Waals surface area contributed by atoms with E-state index in [9.17, 15) is 4.79 Å². The van der Waals surface area contributed by atoms with Gasteiger partial charge in [0.05, 0.1) is 0 Å². The Labute approximate surface area is 148 Å². The van der Waals surface area contributed by atoms with Crippen LogP contribution < -0.4 is 5.32 Å². The molecule has 0 spiro atoms. The minimum absolute atomic E-state index is 0.0588. The van der Waals surface area contributed by atoms with Crippen molar-refractivity contribution in [3.05, 3.63) is 72.6 Å². The first-order valence-corrected chi connectivity index (χ1v) is 8.71. The van der Waals surface area contributed by atoms with E-state index in [4.69, 9.17) is 0 Å². The van der Waals surface area contributed by atoms with Gasteiger partial charge in [-0.15, -0.1) is 0 Å². The number of anilines is 1. The highest BCUT2D eigenvalue weighted by Gasteiger charge is 2.09. The maximum atomic E-state index is 12.4. The second kappa shape index (κ2) is 8.29. The number of hydrogen-bond donors (Lipinski definition) is 1. The Kier molecular flexibility index (Phi) is 5.62. The molecule has 128 valence electrons. The molecule has 0 unspecified atom stereocenters. The minimum Gasteiger partial charge on any atom is -0.325 e. The molecule has 0 radical (unpaired) electrons. The van der Waals surface area contributed by atoms with E-state index in [1.54, 1.807) is 6.20 Å². The summed E-state index contributed by atoms with van der Waals surface area (Å²) in [6.07, 6.45) is 7.01. The van der Waals surface area contributed by atoms with Crippen LogP contribution in [0.1, 0.15) is 25.3 Å². The van der Waals surface area contributed by atoms with E-state index in [0.717, 1.165) is 23.5 Å². The second-order valence-electron chi connectivity index (χ2n) is 6.09. The Hall–Kier alpha value is -2.88. The predicted molar refractivity (Wildman–Crippen MR) is 101 cm³/mol. The topological polar surface area (TPSA) is 46.9 Å². The molecule has 25 heavy (non-hydrogen) atoms. The van der Waals surface area contributed by atoms with Crippen LogP contribution >= 0.6 is 0 Å². The summed E-state index contributed by atoms with van der Waals surface area (Å²) in [7, 11) is 0. The third kappa shape index (κ3) is 4.57. The van der Waals surface area contributed by atoms with Gasteiger partial charge in [-0.1, -0.05) is 55.8 Å². The van der Waals surface area contributed by atoms with Crippen molar-refractivity contribution in [2.75, 3.05) is 5.32 Å². The highest BCUT2D eigenvalue weighted by Crippen LogP contribution is 2.17. The summed E-state index contributed by atoms with van der Waals surface area (Å²) < 4.78 is 1.86. The number of carbonyl (C=O) groups is 1. The first-order valence-electron chi connectivity index (χ1n) is 8.71. The summed E-state index contributed by atoms with van der Waals surface area (Å²) >= 11 is 0. The van der Waals surface area contributed by atoms with Crippen molar-refractivity contribution in [1.29, 1.82) is 0 Å². The molecular formula is C21H23N3O. The lowest BCUT2D eigenvalue weighted by molar-refractivity contribution is -0.116. The third-order valence-electron chi connectivity index (χ3n) is 4.12. The molecule has 0 bridgehead atoms. The zero-order valence-electron chi connectivity index (χ0n) is 14.5. The summed E-state index contributed by atoms with van der Waals surface area (Å²) in [6.45, 7) is 2.43. The largest absolute Gasteiger partial charge is 0.325 e. The lowest BCUT2D eigenvalue weighted by Gasteiger charge is -2.09. The van der Waals surface area contributed by atoms with Gasteiger partial charge in [-0.25, -0.2) is 4.98 Å². The lowest BCUT2D eigenvalue weighted by Crippen LogP contribution is -2.18. The molecule has 0 fully saturated rings. The van der Waals surface area contributed by atoms with Gasteiger partial charge in [0, 0.05) is 23.6 Å². The van der Waals surface area contributed by atoms with Gasteiger partial charge in [-0.2, -0.15) is 0 Å². The molecule has 3 aromatic rings. The highest BCUT2D eigenvalue weighted by atomic mass is 16.1. The SMILES string of the molecule is CCCCc1ccc(NC(=O)Cn2ccnc2-c2ccccc2)cc1. The van der Waals surface area contributed by atoms with E-state index >= 15 is 0 Å². The molecule has 0 aliphatic carbocycles. The normalized spacial score (nSPS) is 10.6. The monoisotopic (exact) mass is 333 g/mol. The molecule has 0 atom stereocenters. The summed E-state index contributed by atoms with van der Waals surface area (Å²) in [6, 6.07) is 18.0. The molecule has 3 rings (SSSR count). The molecular weight excluding hydrogens is 310 g/mol. The van der Waals surface area contributed by atoms with Gasteiger partial charge in [0.1, 0.15) is 12.4 Å². The van der Waals surface area contributed by atoms with Crippen LogP contribution in [0.4, 0.5) is 5.69 Å². The average molecular weight is 333 g/mol. The van der Waals surface area contributed by atoms with Crippen LogP contribution in [0.25, 0.3) is 11.4 Å². The second-order valence-corrected chi connectivity index (χ2v) is 6.09. The molecule has 0 aliphatic rings. The van der Waals surface area contributed by atoms with Crippen LogP contribution in [0, 0.1) is 0 Å². The van der Waals surface area contributed by atoms with E-state index in [1.165, 1.54) is 18.4 Å². The van der Waals surface area contributed by atoms with Gasteiger partial charge >= 0.3 is 0 Å². The van der Waals surface area contributed by atoms with Crippen LogP contribution in [0.2, 0.25) is 0 Å². The van der Waals surface area contributed by atoms with Crippen LogP contribution in [0.3, 0.4) is 0 Å². The van der Waals surface area contributed by atoms with E-state index in [2.05, 4.69) is 29.4 Å². The summed E-state index contributed by atoms with van der Waals surface area (Å²) in [5.74, 6) is 0.738. The van der Waals surface area contributed by atoms with Crippen LogP contribution in [0.15, 0.2) is 67.0 Å². The number of rotatable bonds is 7. The summed E-state index contributed by atoms with van der Waals surface area (Å²) in [5.41, 5.74) is 3.13. The van der Waals surface area contributed by atoms with E-state index in [0.29, 0.717) is 0 Å². The number of nitrogens with zero attached hydrogens (tertiary/aromatic N) is 2. The van der Waals surface area contributed by atoms with Gasteiger partial charge in [-0.05, 0) is 30.5 Å². The number of amides is 1. The Morgan fingerprint density at radius 3 is 2.56 bits per heavy atom. The van der Waals surface area contributed by atoms with Crippen molar-refractivity contribution < 1.29 is 4.79 Å². The van der Waals surface area contributed by atoms with Gasteiger partial charge in [0.2, 0.25) is 5.91 Å². The molecule has 1 amide bonds. The number of nitrogens with one attached hydrogen (secondary N) is 1. The van der Waals surface area contributed by atoms with E-state index in [-0.39, 0.29) is 12.5 Å².